The summed E-state index contributed by atoms with van der Waals surface area (Å²) in [4.78, 5) is 3.40. The van der Waals surface area contributed by atoms with Crippen LogP contribution < -0.4 is 4.90 Å². The van der Waals surface area contributed by atoms with Crippen molar-refractivity contribution >= 4 is 45.4 Å². The molecule has 18 heavy (non-hydrogen) atoms. The van der Waals surface area contributed by atoms with Gasteiger partial charge in [0.2, 0.25) is 5.95 Å². The highest BCUT2D eigenvalue weighted by Gasteiger charge is 2.11. The monoisotopic (exact) mass is 346 g/mol. The smallest absolute Gasteiger partial charge is 0.225 e. The van der Waals surface area contributed by atoms with Gasteiger partial charge >= 0.3 is 0 Å². The minimum Gasteiger partial charge on any atom is -0.339 e. The summed E-state index contributed by atoms with van der Waals surface area (Å²) < 4.78 is 3.85. The quantitative estimate of drug-likeness (QED) is 0.836. The Labute approximate surface area is 124 Å². The zero-order valence-electron chi connectivity index (χ0n) is 10.3. The molecule has 98 valence electrons. The summed E-state index contributed by atoms with van der Waals surface area (Å²) in [6.45, 7) is 3.86. The maximum atomic E-state index is 5.24. The number of aromatic nitrogens is 3. The first-order valence-electron chi connectivity index (χ1n) is 5.71. The highest BCUT2D eigenvalue weighted by Crippen LogP contribution is 2.22. The lowest BCUT2D eigenvalue weighted by molar-refractivity contribution is 0.655. The van der Waals surface area contributed by atoms with E-state index in [1.165, 1.54) is 4.88 Å². The fourth-order valence-electron chi connectivity index (χ4n) is 1.77. The van der Waals surface area contributed by atoms with Gasteiger partial charge in [0.15, 0.2) is 4.77 Å². The van der Waals surface area contributed by atoms with E-state index in [2.05, 4.69) is 49.4 Å². The van der Waals surface area contributed by atoms with Crippen molar-refractivity contribution < 1.29 is 0 Å². The van der Waals surface area contributed by atoms with Gasteiger partial charge in [-0.15, -0.1) is 16.4 Å². The Balaban J connectivity index is 2.18. The van der Waals surface area contributed by atoms with Crippen LogP contribution in [0, 0.1) is 4.77 Å². The normalized spacial score (nSPS) is 10.8. The van der Waals surface area contributed by atoms with Crippen LogP contribution in [0.5, 0.6) is 0 Å². The van der Waals surface area contributed by atoms with Crippen molar-refractivity contribution in [2.45, 2.75) is 26.4 Å². The molecule has 0 saturated heterocycles. The third-order valence-corrected chi connectivity index (χ3v) is 4.54. The Morgan fingerprint density at radius 1 is 1.61 bits per heavy atom. The van der Waals surface area contributed by atoms with Gasteiger partial charge in [0.1, 0.15) is 0 Å². The first kappa shape index (κ1) is 13.8. The Morgan fingerprint density at radius 3 is 3.00 bits per heavy atom. The maximum absolute atomic E-state index is 5.24. The molecule has 0 saturated carbocycles. The number of halogens is 1. The fourth-order valence-corrected chi connectivity index (χ4v) is 3.49. The number of anilines is 1. The molecule has 0 amide bonds. The van der Waals surface area contributed by atoms with Gasteiger partial charge in [0.25, 0.3) is 0 Å². The van der Waals surface area contributed by atoms with Crippen molar-refractivity contribution in [3.05, 3.63) is 25.6 Å². The average Bonchev–Trinajstić information content (AvgIpc) is 2.88. The van der Waals surface area contributed by atoms with Crippen LogP contribution in [0.1, 0.15) is 18.2 Å². The molecule has 0 radical (unpaired) electrons. The molecule has 0 aliphatic carbocycles. The molecule has 0 aliphatic heterocycles. The molecule has 0 atom stereocenters. The molecule has 4 nitrogen and oxygen atoms in total. The van der Waals surface area contributed by atoms with E-state index in [1.807, 2.05) is 11.6 Å². The molecular weight excluding hydrogens is 332 g/mol. The number of hydrogen-bond donors (Lipinski definition) is 1. The maximum Gasteiger partial charge on any atom is 0.225 e. The van der Waals surface area contributed by atoms with Gasteiger partial charge in [-0.1, -0.05) is 6.92 Å². The van der Waals surface area contributed by atoms with Crippen LogP contribution in [0.3, 0.4) is 0 Å². The third kappa shape index (κ3) is 3.02. The summed E-state index contributed by atoms with van der Waals surface area (Å²) in [5, 5.41) is 9.25. The molecule has 0 aromatic carbocycles. The SMILES string of the molecule is CCCn1c(N(C)Cc2cc(Br)cs2)n[nH]c1=S. The number of hydrogen-bond acceptors (Lipinski definition) is 4. The molecule has 0 bridgehead atoms. The van der Waals surface area contributed by atoms with Gasteiger partial charge in [-0.25, -0.2) is 5.10 Å². The van der Waals surface area contributed by atoms with Gasteiger partial charge in [-0.2, -0.15) is 0 Å². The Morgan fingerprint density at radius 2 is 2.39 bits per heavy atom. The van der Waals surface area contributed by atoms with Crippen LogP contribution in [0.15, 0.2) is 15.9 Å². The molecule has 2 aromatic rings. The molecule has 2 rings (SSSR count). The van der Waals surface area contributed by atoms with Crippen LogP contribution in [0.25, 0.3) is 0 Å². The van der Waals surface area contributed by atoms with Gasteiger partial charge in [-0.3, -0.25) is 4.57 Å². The number of H-pyrrole nitrogens is 1. The summed E-state index contributed by atoms with van der Waals surface area (Å²) in [7, 11) is 2.03. The summed E-state index contributed by atoms with van der Waals surface area (Å²) >= 11 is 10.4. The number of thiophene rings is 1. The zero-order chi connectivity index (χ0) is 13.1. The topological polar surface area (TPSA) is 36.9 Å². The van der Waals surface area contributed by atoms with Crippen molar-refractivity contribution in [3.8, 4) is 0 Å². The minimum absolute atomic E-state index is 0.686. The second kappa shape index (κ2) is 5.99. The van der Waals surface area contributed by atoms with Crippen LogP contribution in [0.4, 0.5) is 5.95 Å². The molecule has 1 N–H and O–H groups in total. The van der Waals surface area contributed by atoms with Gasteiger partial charge in [0, 0.05) is 28.3 Å². The van der Waals surface area contributed by atoms with Crippen LogP contribution in [-0.2, 0) is 13.1 Å². The largest absolute Gasteiger partial charge is 0.339 e. The van der Waals surface area contributed by atoms with E-state index in [0.717, 1.165) is 29.9 Å². The summed E-state index contributed by atoms with van der Waals surface area (Å²) in [6.07, 6.45) is 1.04. The summed E-state index contributed by atoms with van der Waals surface area (Å²) in [6, 6.07) is 2.13. The first-order valence-corrected chi connectivity index (χ1v) is 7.79. The second-order valence-corrected chi connectivity index (χ2v) is 6.37. The lowest BCUT2D eigenvalue weighted by atomic mass is 10.4. The molecular formula is C11H15BrN4S2. The van der Waals surface area contributed by atoms with Crippen molar-refractivity contribution in [1.82, 2.24) is 14.8 Å². The van der Waals surface area contributed by atoms with Crippen molar-refractivity contribution in [1.29, 1.82) is 0 Å². The van der Waals surface area contributed by atoms with Gasteiger partial charge in [0.05, 0.1) is 6.54 Å². The van der Waals surface area contributed by atoms with Crippen molar-refractivity contribution in [3.63, 3.8) is 0 Å². The highest BCUT2D eigenvalue weighted by atomic mass is 79.9. The second-order valence-electron chi connectivity index (χ2n) is 4.07. The van der Waals surface area contributed by atoms with E-state index in [-0.39, 0.29) is 0 Å². The van der Waals surface area contributed by atoms with Gasteiger partial charge < -0.3 is 4.90 Å². The predicted octanol–water partition coefficient (Wildman–Crippen LogP) is 3.81. The third-order valence-electron chi connectivity index (χ3n) is 2.54. The predicted molar refractivity (Wildman–Crippen MR) is 81.8 cm³/mol. The standard InChI is InChI=1S/C11H15BrN4S2/c1-3-4-16-10(13-14-11(16)17)15(2)6-9-5-8(12)7-18-9/h5,7H,3-4,6H2,1-2H3,(H,14,17). The molecule has 0 spiro atoms. The molecule has 7 heteroatoms. The zero-order valence-corrected chi connectivity index (χ0v) is 13.5. The van der Waals surface area contributed by atoms with E-state index in [0.29, 0.717) is 4.77 Å². The molecule has 2 heterocycles. The fraction of sp³-hybridized carbons (Fsp3) is 0.455. The van der Waals surface area contributed by atoms with E-state index in [1.54, 1.807) is 11.3 Å². The number of nitrogens with one attached hydrogen (secondary N) is 1. The lowest BCUT2D eigenvalue weighted by Gasteiger charge is -2.17. The number of aromatic amines is 1. The minimum atomic E-state index is 0.686. The molecule has 0 fully saturated rings. The Kier molecular flexibility index (Phi) is 4.58. The van der Waals surface area contributed by atoms with Crippen molar-refractivity contribution in [2.75, 3.05) is 11.9 Å². The average molecular weight is 347 g/mol. The van der Waals surface area contributed by atoms with Crippen molar-refractivity contribution in [2.24, 2.45) is 0 Å². The Bertz CT molecular complexity index is 572. The molecule has 0 aliphatic rings. The first-order chi connectivity index (χ1) is 8.61. The molecule has 0 unspecified atom stereocenters. The number of rotatable bonds is 5. The summed E-state index contributed by atoms with van der Waals surface area (Å²) in [5.41, 5.74) is 0. The van der Waals surface area contributed by atoms with E-state index in [9.17, 15) is 0 Å². The van der Waals surface area contributed by atoms with Gasteiger partial charge in [-0.05, 0) is 40.6 Å². The van der Waals surface area contributed by atoms with E-state index in [4.69, 9.17) is 12.2 Å². The summed E-state index contributed by atoms with van der Waals surface area (Å²) in [5.74, 6) is 0.895. The highest BCUT2D eigenvalue weighted by molar-refractivity contribution is 9.10. The van der Waals surface area contributed by atoms with Crippen LogP contribution >= 0.6 is 39.5 Å². The van der Waals surface area contributed by atoms with E-state index < -0.39 is 0 Å². The molecule has 2 aromatic heterocycles. The van der Waals surface area contributed by atoms with E-state index >= 15 is 0 Å². The Hall–Kier alpha value is -0.660. The van der Waals surface area contributed by atoms with Crippen LogP contribution in [0.2, 0.25) is 0 Å². The number of nitrogens with zero attached hydrogens (tertiary/aromatic N) is 3. The van der Waals surface area contributed by atoms with Crippen LogP contribution in [-0.4, -0.2) is 21.8 Å². The lowest BCUT2D eigenvalue weighted by Crippen LogP contribution is -2.20.